The van der Waals surface area contributed by atoms with E-state index in [9.17, 15) is 5.11 Å². The number of nitrogens with zero attached hydrogens (tertiary/aromatic N) is 1. The van der Waals surface area contributed by atoms with Gasteiger partial charge in [0.15, 0.2) is 0 Å². The zero-order chi connectivity index (χ0) is 28.5. The topological polar surface area (TPSA) is 40.5 Å². The normalized spacial score (nSPS) is 13.9. The molecule has 0 aliphatic carbocycles. The Morgan fingerprint density at radius 3 is 1.29 bits per heavy atom. The van der Waals surface area contributed by atoms with Gasteiger partial charge < -0.3 is 9.67 Å². The summed E-state index contributed by atoms with van der Waals surface area (Å²) in [6.45, 7) is 3.29. The molecule has 0 heterocycles. The van der Waals surface area contributed by atoms with Crippen molar-refractivity contribution in [3.63, 3.8) is 0 Å². The van der Waals surface area contributed by atoms with Gasteiger partial charge in [-0.15, -0.1) is 0 Å². The van der Waals surface area contributed by atoms with Crippen molar-refractivity contribution >= 4 is 17.8 Å². The van der Waals surface area contributed by atoms with Gasteiger partial charge in [-0.1, -0.05) is 159 Å². The summed E-state index contributed by atoms with van der Waals surface area (Å²) in [6, 6.07) is 50.2. The van der Waals surface area contributed by atoms with E-state index in [1.165, 1.54) is 11.1 Å². The molecule has 0 saturated carbocycles. The molecule has 1 N–H and O–H groups in total. The van der Waals surface area contributed by atoms with Crippen molar-refractivity contribution in [1.82, 2.24) is 4.90 Å². The van der Waals surface area contributed by atoms with Crippen molar-refractivity contribution in [2.75, 3.05) is 0 Å². The van der Waals surface area contributed by atoms with Crippen LogP contribution in [0.2, 0.25) is 0 Å². The highest BCUT2D eigenvalue weighted by Crippen LogP contribution is 2.50. The molecular formula is C37H38NO2P. The second-order valence-electron chi connectivity index (χ2n) is 10.7. The van der Waals surface area contributed by atoms with Gasteiger partial charge in [-0.05, 0) is 23.1 Å². The van der Waals surface area contributed by atoms with Crippen molar-refractivity contribution in [2.24, 2.45) is 0 Å². The zero-order valence-electron chi connectivity index (χ0n) is 23.5. The molecule has 0 fully saturated rings. The lowest BCUT2D eigenvalue weighted by atomic mass is 9.96. The van der Waals surface area contributed by atoms with Crippen molar-refractivity contribution in [3.05, 3.63) is 168 Å². The van der Waals surface area contributed by atoms with Gasteiger partial charge in [0, 0.05) is 35.4 Å². The van der Waals surface area contributed by atoms with Gasteiger partial charge in [0.2, 0.25) is 0 Å². The highest BCUT2D eigenvalue weighted by atomic mass is 31.2. The van der Waals surface area contributed by atoms with Crippen LogP contribution in [-0.2, 0) is 24.1 Å². The summed E-state index contributed by atoms with van der Waals surface area (Å²) in [4.78, 5) is 2.36. The fraction of sp³-hybridized carbons (Fsp3) is 0.189. The molecule has 0 radical (unpaired) electrons. The van der Waals surface area contributed by atoms with Gasteiger partial charge in [-0.2, -0.15) is 0 Å². The van der Waals surface area contributed by atoms with Crippen LogP contribution in [0.5, 0.6) is 0 Å². The summed E-state index contributed by atoms with van der Waals surface area (Å²) >= 11 is 0. The average molecular weight is 560 g/mol. The van der Waals surface area contributed by atoms with Gasteiger partial charge in [0.05, 0.1) is 6.10 Å². The minimum absolute atomic E-state index is 0.284. The minimum atomic E-state index is -3.21. The third kappa shape index (κ3) is 6.94. The molecule has 0 aliphatic heterocycles. The van der Waals surface area contributed by atoms with E-state index in [0.717, 1.165) is 16.2 Å². The third-order valence-electron chi connectivity index (χ3n) is 7.96. The first kappa shape index (κ1) is 28.8. The Balaban J connectivity index is 1.59. The highest BCUT2D eigenvalue weighted by molar-refractivity contribution is 7.79. The van der Waals surface area contributed by atoms with Crippen molar-refractivity contribution < 1.29 is 9.67 Å². The molecule has 0 amide bonds. The van der Waals surface area contributed by atoms with Gasteiger partial charge in [-0.3, -0.25) is 4.90 Å². The Hall–Kier alpha value is -3.75. The van der Waals surface area contributed by atoms with E-state index in [1.54, 1.807) is 0 Å². The van der Waals surface area contributed by atoms with Crippen molar-refractivity contribution in [1.29, 1.82) is 0 Å². The summed E-state index contributed by atoms with van der Waals surface area (Å²) < 4.78 is 15.3. The molecule has 0 bridgehead atoms. The largest absolute Gasteiger partial charge is 0.391 e. The number of benzene rings is 5. The van der Waals surface area contributed by atoms with E-state index in [1.807, 2.05) is 97.9 Å². The van der Waals surface area contributed by atoms with Crippen molar-refractivity contribution in [2.45, 2.75) is 44.2 Å². The SMILES string of the molecule is C[C@@H]([C@H](O)[C@H](Cc1ccccc1)N(Cc1ccccc1)Cc1ccccc1)P(=O)(c1ccccc1)c1ccccc1. The van der Waals surface area contributed by atoms with Crippen LogP contribution in [0, 0.1) is 0 Å². The first-order chi connectivity index (χ1) is 20.1. The molecule has 3 nitrogen and oxygen atoms in total. The Kier molecular flexibility index (Phi) is 9.64. The maximum atomic E-state index is 15.3. The summed E-state index contributed by atoms with van der Waals surface area (Å²) in [6.07, 6.45) is -0.232. The molecular weight excluding hydrogens is 521 g/mol. The average Bonchev–Trinajstić information content (AvgIpc) is 3.04. The summed E-state index contributed by atoms with van der Waals surface area (Å²) in [5.74, 6) is 0. The number of aliphatic hydroxyl groups excluding tert-OH is 1. The van der Waals surface area contributed by atoms with E-state index in [2.05, 4.69) is 65.6 Å². The quantitative estimate of drug-likeness (QED) is 0.166. The molecule has 0 saturated heterocycles. The van der Waals surface area contributed by atoms with Crippen LogP contribution in [0.1, 0.15) is 23.6 Å². The monoisotopic (exact) mass is 559 g/mol. The Morgan fingerprint density at radius 1 is 0.561 bits per heavy atom. The lowest BCUT2D eigenvalue weighted by Gasteiger charge is -2.40. The molecule has 41 heavy (non-hydrogen) atoms. The van der Waals surface area contributed by atoms with E-state index < -0.39 is 18.9 Å². The fourth-order valence-electron chi connectivity index (χ4n) is 5.70. The Bertz CT molecular complexity index is 1430. The predicted octanol–water partition coefficient (Wildman–Crippen LogP) is 7.06. The molecule has 5 aromatic rings. The summed E-state index contributed by atoms with van der Waals surface area (Å²) in [5.41, 5.74) is 2.98. The van der Waals surface area contributed by atoms with Crippen LogP contribution in [-0.4, -0.2) is 27.8 Å². The zero-order valence-corrected chi connectivity index (χ0v) is 24.4. The van der Waals surface area contributed by atoms with Crippen LogP contribution < -0.4 is 10.6 Å². The van der Waals surface area contributed by atoms with Crippen LogP contribution in [0.4, 0.5) is 0 Å². The van der Waals surface area contributed by atoms with Gasteiger partial charge in [0.25, 0.3) is 0 Å². The molecule has 4 heteroatoms. The van der Waals surface area contributed by atoms with E-state index >= 15 is 4.57 Å². The van der Waals surface area contributed by atoms with Gasteiger partial charge in [0.1, 0.15) is 7.14 Å². The standard InChI is InChI=1S/C37H38NO2P/c1-30(41(40,34-23-13-5-14-24-34)35-25-15-6-16-26-35)37(39)36(27-31-17-7-2-8-18-31)38(28-32-19-9-3-10-20-32)29-33-21-11-4-12-22-33/h2-26,30,36-37,39H,27-29H2,1H3/t30-,36-,37-/m0/s1. The number of hydrogen-bond donors (Lipinski definition) is 1. The molecule has 0 spiro atoms. The molecule has 3 atom stereocenters. The second kappa shape index (κ2) is 13.7. The minimum Gasteiger partial charge on any atom is -0.391 e. The Labute approximate surface area is 244 Å². The van der Waals surface area contributed by atoms with E-state index in [4.69, 9.17) is 0 Å². The fourth-order valence-corrected chi connectivity index (χ4v) is 8.80. The van der Waals surface area contributed by atoms with Gasteiger partial charge in [-0.25, -0.2) is 0 Å². The van der Waals surface area contributed by atoms with E-state index in [-0.39, 0.29) is 6.04 Å². The smallest absolute Gasteiger partial charge is 0.148 e. The number of hydrogen-bond acceptors (Lipinski definition) is 3. The van der Waals surface area contributed by atoms with E-state index in [0.29, 0.717) is 19.5 Å². The molecule has 0 aliphatic rings. The number of rotatable bonds is 12. The number of aliphatic hydroxyl groups is 1. The molecule has 0 unspecified atom stereocenters. The molecule has 5 rings (SSSR count). The lowest BCUT2D eigenvalue weighted by Crippen LogP contribution is -2.50. The molecule has 208 valence electrons. The van der Waals surface area contributed by atoms with Crippen LogP contribution in [0.3, 0.4) is 0 Å². The van der Waals surface area contributed by atoms with Crippen LogP contribution in [0.15, 0.2) is 152 Å². The Morgan fingerprint density at radius 2 is 0.902 bits per heavy atom. The highest BCUT2D eigenvalue weighted by Gasteiger charge is 2.42. The van der Waals surface area contributed by atoms with Crippen LogP contribution in [0.25, 0.3) is 0 Å². The maximum Gasteiger partial charge on any atom is 0.148 e. The van der Waals surface area contributed by atoms with Crippen LogP contribution >= 0.6 is 7.14 Å². The first-order valence-electron chi connectivity index (χ1n) is 14.3. The van der Waals surface area contributed by atoms with Gasteiger partial charge >= 0.3 is 0 Å². The maximum absolute atomic E-state index is 15.3. The summed E-state index contributed by atoms with van der Waals surface area (Å²) in [5, 5.41) is 14.0. The molecule has 0 aromatic heterocycles. The third-order valence-corrected chi connectivity index (χ3v) is 11.5. The molecule has 5 aromatic carbocycles. The second-order valence-corrected chi connectivity index (χ2v) is 13.9. The van der Waals surface area contributed by atoms with Crippen molar-refractivity contribution in [3.8, 4) is 0 Å². The predicted molar refractivity (Wildman–Crippen MR) is 171 cm³/mol. The summed E-state index contributed by atoms with van der Waals surface area (Å²) in [7, 11) is -3.21. The first-order valence-corrected chi connectivity index (χ1v) is 16.1. The lowest BCUT2D eigenvalue weighted by molar-refractivity contribution is 0.0389.